The first kappa shape index (κ1) is 22.6. The summed E-state index contributed by atoms with van der Waals surface area (Å²) in [6.45, 7) is 0.897. The van der Waals surface area contributed by atoms with Crippen molar-refractivity contribution in [1.29, 1.82) is 0 Å². The van der Waals surface area contributed by atoms with Gasteiger partial charge in [0.1, 0.15) is 0 Å². The first-order valence-electron chi connectivity index (χ1n) is 9.22. The number of aromatic nitrogens is 1. The van der Waals surface area contributed by atoms with Gasteiger partial charge in [-0.2, -0.15) is 4.57 Å². The fraction of sp³-hybridized carbons (Fsp3) is 0.286. The van der Waals surface area contributed by atoms with Crippen LogP contribution in [-0.4, -0.2) is 46.0 Å². The maximum absolute atomic E-state index is 8.63. The molecule has 0 radical (unpaired) electrons. The predicted octanol–water partition coefficient (Wildman–Crippen LogP) is 2.39. The topological polar surface area (TPSA) is 118 Å². The van der Waals surface area contributed by atoms with Gasteiger partial charge in [0.15, 0.2) is 35.7 Å². The lowest BCUT2D eigenvalue weighted by Crippen LogP contribution is -2.40. The lowest BCUT2D eigenvalue weighted by molar-refractivity contribution is -0.686. The van der Waals surface area contributed by atoms with Gasteiger partial charge in [-0.15, -0.1) is 0 Å². The van der Waals surface area contributed by atoms with E-state index in [1.807, 2.05) is 6.07 Å². The van der Waals surface area contributed by atoms with Crippen molar-refractivity contribution < 1.29 is 41.0 Å². The van der Waals surface area contributed by atoms with Gasteiger partial charge in [0.25, 0.3) is 0 Å². The summed E-state index contributed by atoms with van der Waals surface area (Å²) in [6.07, 6.45) is 3.08. The first-order valence-corrected chi connectivity index (χ1v) is 10.6. The number of fused-ring (bicyclic) bond motifs is 4. The minimum Gasteiger partial charge on any atom is -0.726 e. The van der Waals surface area contributed by atoms with Crippen LogP contribution in [0.1, 0.15) is 5.56 Å². The van der Waals surface area contributed by atoms with E-state index in [9.17, 15) is 0 Å². The molecule has 0 bridgehead atoms. The standard InChI is InChI=1S/C21H22NO4.H2O4S/c1-23-18-6-5-13-9-17-15-11-20(25-3)19(24-2)10-14(15)7-8-22(17)12-16(13)21(18)26-4;1-5(2,3)4/h5-6,9-12H,7-8H2,1-4H3;(H2,1,2,3,4)/q+1;/p-1. The van der Waals surface area contributed by atoms with Crippen LogP contribution in [0.15, 0.2) is 36.5 Å². The third-order valence-corrected chi connectivity index (χ3v) is 5.01. The van der Waals surface area contributed by atoms with Crippen LogP contribution in [0.2, 0.25) is 0 Å². The van der Waals surface area contributed by atoms with Crippen LogP contribution in [-0.2, 0) is 23.4 Å². The van der Waals surface area contributed by atoms with E-state index in [0.29, 0.717) is 0 Å². The van der Waals surface area contributed by atoms with Gasteiger partial charge in [-0.25, -0.2) is 8.42 Å². The Morgan fingerprint density at radius 3 is 2.13 bits per heavy atom. The Kier molecular flexibility index (Phi) is 6.54. The quantitative estimate of drug-likeness (QED) is 0.366. The average molecular weight is 449 g/mol. The molecule has 4 rings (SSSR count). The molecule has 0 fully saturated rings. The monoisotopic (exact) mass is 449 g/mol. The van der Waals surface area contributed by atoms with E-state index in [0.717, 1.165) is 52.4 Å². The highest BCUT2D eigenvalue weighted by atomic mass is 32.3. The van der Waals surface area contributed by atoms with Gasteiger partial charge in [0.05, 0.1) is 39.4 Å². The second kappa shape index (κ2) is 8.96. The minimum absolute atomic E-state index is 0.739. The molecule has 1 N–H and O–H groups in total. The van der Waals surface area contributed by atoms with Crippen LogP contribution in [0, 0.1) is 0 Å². The molecule has 0 aliphatic carbocycles. The molecule has 0 spiro atoms. The Morgan fingerprint density at radius 2 is 1.55 bits per heavy atom. The number of hydrogen-bond acceptors (Lipinski definition) is 7. The fourth-order valence-corrected chi connectivity index (χ4v) is 3.71. The Bertz CT molecular complexity index is 1220. The molecular formula is C21H23NO8S. The summed E-state index contributed by atoms with van der Waals surface area (Å²) in [5.74, 6) is 3.01. The third-order valence-electron chi connectivity index (χ3n) is 5.01. The lowest BCUT2D eigenvalue weighted by atomic mass is 9.95. The van der Waals surface area contributed by atoms with E-state index in [-0.39, 0.29) is 0 Å². The van der Waals surface area contributed by atoms with Gasteiger partial charge in [-0.05, 0) is 35.2 Å². The van der Waals surface area contributed by atoms with E-state index in [1.165, 1.54) is 11.1 Å². The second-order valence-electron chi connectivity index (χ2n) is 6.70. The van der Waals surface area contributed by atoms with Crippen molar-refractivity contribution in [3.8, 4) is 34.3 Å². The number of benzene rings is 2. The number of pyridine rings is 1. The molecule has 9 nitrogen and oxygen atoms in total. The Balaban J connectivity index is 0.000000491. The molecule has 1 aliphatic rings. The predicted molar refractivity (Wildman–Crippen MR) is 112 cm³/mol. The van der Waals surface area contributed by atoms with Gasteiger partial charge in [0, 0.05) is 12.5 Å². The maximum atomic E-state index is 8.63. The van der Waals surface area contributed by atoms with Gasteiger partial charge in [-0.3, -0.25) is 4.55 Å². The maximum Gasteiger partial charge on any atom is 0.215 e. The van der Waals surface area contributed by atoms with Crippen molar-refractivity contribution in [2.45, 2.75) is 13.0 Å². The van der Waals surface area contributed by atoms with Crippen LogP contribution in [0.25, 0.3) is 22.0 Å². The van der Waals surface area contributed by atoms with Crippen molar-refractivity contribution >= 4 is 21.2 Å². The van der Waals surface area contributed by atoms with Gasteiger partial charge < -0.3 is 23.5 Å². The van der Waals surface area contributed by atoms with E-state index in [4.69, 9.17) is 36.5 Å². The number of aryl methyl sites for hydroxylation is 2. The number of methoxy groups -OCH3 is 4. The molecule has 1 aromatic heterocycles. The summed E-state index contributed by atoms with van der Waals surface area (Å²) >= 11 is 0. The normalized spacial score (nSPS) is 12.2. The summed E-state index contributed by atoms with van der Waals surface area (Å²) < 4.78 is 57.1. The number of rotatable bonds is 4. The van der Waals surface area contributed by atoms with E-state index in [2.05, 4.69) is 35.0 Å². The highest BCUT2D eigenvalue weighted by molar-refractivity contribution is 7.79. The summed E-state index contributed by atoms with van der Waals surface area (Å²) in [7, 11) is 1.75. The first-order chi connectivity index (χ1) is 14.7. The van der Waals surface area contributed by atoms with Crippen molar-refractivity contribution in [2.24, 2.45) is 0 Å². The van der Waals surface area contributed by atoms with Crippen LogP contribution < -0.4 is 23.5 Å². The highest BCUT2D eigenvalue weighted by Gasteiger charge is 2.27. The highest BCUT2D eigenvalue weighted by Crippen LogP contribution is 2.39. The molecule has 2 aromatic carbocycles. The minimum atomic E-state index is -4.92. The van der Waals surface area contributed by atoms with Crippen LogP contribution in [0.4, 0.5) is 0 Å². The van der Waals surface area contributed by atoms with E-state index >= 15 is 0 Å². The largest absolute Gasteiger partial charge is 0.726 e. The van der Waals surface area contributed by atoms with Crippen molar-refractivity contribution in [2.75, 3.05) is 28.4 Å². The lowest BCUT2D eigenvalue weighted by Gasteiger charge is -2.19. The zero-order valence-corrected chi connectivity index (χ0v) is 18.4. The zero-order chi connectivity index (χ0) is 22.8. The molecule has 0 saturated carbocycles. The second-order valence-corrected chi connectivity index (χ2v) is 7.55. The molecule has 0 amide bonds. The van der Waals surface area contributed by atoms with Crippen LogP contribution >= 0.6 is 0 Å². The van der Waals surface area contributed by atoms with Crippen molar-refractivity contribution in [3.05, 3.63) is 42.1 Å². The molecule has 3 aromatic rings. The number of ether oxygens (including phenoxy) is 4. The molecule has 0 saturated heterocycles. The molecule has 0 unspecified atom stereocenters. The van der Waals surface area contributed by atoms with Gasteiger partial charge in [-0.1, -0.05) is 0 Å². The average Bonchev–Trinajstić information content (AvgIpc) is 2.74. The zero-order valence-electron chi connectivity index (χ0n) is 17.5. The van der Waals surface area contributed by atoms with Crippen LogP contribution in [0.3, 0.4) is 0 Å². The summed E-state index contributed by atoms with van der Waals surface area (Å²) in [6, 6.07) is 10.3. The molecule has 166 valence electrons. The fourth-order valence-electron chi connectivity index (χ4n) is 3.71. The molecule has 2 heterocycles. The molecule has 10 heteroatoms. The number of hydrogen-bond donors (Lipinski definition) is 1. The smallest absolute Gasteiger partial charge is 0.215 e. The van der Waals surface area contributed by atoms with Crippen molar-refractivity contribution in [1.82, 2.24) is 0 Å². The Labute approximate surface area is 180 Å². The third kappa shape index (κ3) is 4.82. The molecule has 0 atom stereocenters. The van der Waals surface area contributed by atoms with Gasteiger partial charge >= 0.3 is 0 Å². The number of nitrogens with zero attached hydrogens (tertiary/aromatic N) is 1. The molecule has 1 aliphatic heterocycles. The van der Waals surface area contributed by atoms with E-state index in [1.54, 1.807) is 28.4 Å². The SMILES string of the molecule is COc1cc2c(cc1OC)-c1cc3ccc(OC)c(OC)c3c[n+]1CC2.O=S(=O)([O-])O. The molecular weight excluding hydrogens is 426 g/mol. The van der Waals surface area contributed by atoms with Crippen molar-refractivity contribution in [3.63, 3.8) is 0 Å². The summed E-state index contributed by atoms with van der Waals surface area (Å²) in [5.41, 5.74) is 3.60. The Morgan fingerprint density at radius 1 is 0.935 bits per heavy atom. The molecule has 31 heavy (non-hydrogen) atoms. The van der Waals surface area contributed by atoms with E-state index < -0.39 is 10.4 Å². The summed E-state index contributed by atoms with van der Waals surface area (Å²) in [5, 5.41) is 2.15. The Hall–Kier alpha value is -3.08. The van der Waals surface area contributed by atoms with Gasteiger partial charge in [0.2, 0.25) is 16.1 Å². The summed E-state index contributed by atoms with van der Waals surface area (Å²) in [4.78, 5) is 0. The van der Waals surface area contributed by atoms with Crippen LogP contribution in [0.5, 0.6) is 23.0 Å².